The second kappa shape index (κ2) is 6.90. The molecule has 4 nitrogen and oxygen atoms in total. The monoisotopic (exact) mass is 329 g/mol. The van der Waals surface area contributed by atoms with Gasteiger partial charge in [-0.25, -0.2) is 4.39 Å². The maximum atomic E-state index is 13.1. The standard InChI is InChI=1S/C17H16FN3OS/c18-12-3-1-2-11(8-12)4-5-16(22)21-17-14(9-19)13-6-7-20-10-15(13)23-17/h1-3,8,20H,4-7,10H2,(H,21,22). The third kappa shape index (κ3) is 3.58. The summed E-state index contributed by atoms with van der Waals surface area (Å²) in [6, 6.07) is 8.46. The van der Waals surface area contributed by atoms with Crippen molar-refractivity contribution in [3.05, 3.63) is 51.7 Å². The molecule has 6 heteroatoms. The van der Waals surface area contributed by atoms with E-state index in [4.69, 9.17) is 0 Å². The van der Waals surface area contributed by atoms with Crippen LogP contribution in [0.1, 0.15) is 28.0 Å². The van der Waals surface area contributed by atoms with Gasteiger partial charge in [0.05, 0.1) is 5.56 Å². The lowest BCUT2D eigenvalue weighted by molar-refractivity contribution is -0.116. The SMILES string of the molecule is N#Cc1c(NC(=O)CCc2cccc(F)c2)sc2c1CCNC2. The van der Waals surface area contributed by atoms with Gasteiger partial charge in [0.2, 0.25) is 5.91 Å². The first-order valence-corrected chi connectivity index (χ1v) is 8.28. The molecule has 23 heavy (non-hydrogen) atoms. The molecular weight excluding hydrogens is 313 g/mol. The highest BCUT2D eigenvalue weighted by atomic mass is 32.1. The van der Waals surface area contributed by atoms with Crippen LogP contribution in [0, 0.1) is 17.1 Å². The molecule has 118 valence electrons. The zero-order valence-electron chi connectivity index (χ0n) is 12.5. The summed E-state index contributed by atoms with van der Waals surface area (Å²) in [6.45, 7) is 1.60. The molecule has 1 aliphatic heterocycles. The van der Waals surface area contributed by atoms with Gasteiger partial charge in [-0.15, -0.1) is 11.3 Å². The zero-order valence-corrected chi connectivity index (χ0v) is 13.3. The summed E-state index contributed by atoms with van der Waals surface area (Å²) in [5, 5.41) is 16.1. The number of nitrogens with zero attached hydrogens (tertiary/aromatic N) is 1. The first-order chi connectivity index (χ1) is 11.2. The van der Waals surface area contributed by atoms with Gasteiger partial charge in [-0.1, -0.05) is 12.1 Å². The van der Waals surface area contributed by atoms with E-state index in [1.165, 1.54) is 23.5 Å². The molecule has 0 fully saturated rings. The Labute approximate surface area is 137 Å². The predicted molar refractivity (Wildman–Crippen MR) is 87.8 cm³/mol. The molecule has 0 atom stereocenters. The molecule has 1 aliphatic rings. The molecular formula is C17H16FN3OS. The van der Waals surface area contributed by atoms with Gasteiger partial charge in [-0.3, -0.25) is 4.79 Å². The average molecular weight is 329 g/mol. The summed E-state index contributed by atoms with van der Waals surface area (Å²) in [5.41, 5.74) is 2.43. The van der Waals surface area contributed by atoms with Crippen LogP contribution in [-0.2, 0) is 24.2 Å². The van der Waals surface area contributed by atoms with E-state index in [9.17, 15) is 14.4 Å². The number of halogens is 1. The number of hydrogen-bond acceptors (Lipinski definition) is 4. The lowest BCUT2D eigenvalue weighted by Gasteiger charge is -2.11. The largest absolute Gasteiger partial charge is 0.317 e. The number of hydrogen-bond donors (Lipinski definition) is 2. The average Bonchev–Trinajstić information content (AvgIpc) is 2.90. The minimum absolute atomic E-state index is 0.155. The summed E-state index contributed by atoms with van der Waals surface area (Å²) in [5.74, 6) is -0.453. The van der Waals surface area contributed by atoms with E-state index in [1.807, 2.05) is 0 Å². The number of amides is 1. The second-order valence-electron chi connectivity index (χ2n) is 5.42. The van der Waals surface area contributed by atoms with E-state index >= 15 is 0 Å². The van der Waals surface area contributed by atoms with Crippen molar-refractivity contribution < 1.29 is 9.18 Å². The lowest BCUT2D eigenvalue weighted by Crippen LogP contribution is -2.22. The van der Waals surface area contributed by atoms with Crippen molar-refractivity contribution in [2.24, 2.45) is 0 Å². The number of carbonyl (C=O) groups excluding carboxylic acids is 1. The Hall–Kier alpha value is -2.23. The minimum atomic E-state index is -0.298. The molecule has 0 spiro atoms. The number of nitriles is 1. The van der Waals surface area contributed by atoms with Gasteiger partial charge < -0.3 is 10.6 Å². The summed E-state index contributed by atoms with van der Waals surface area (Å²) < 4.78 is 13.1. The number of thiophene rings is 1. The molecule has 0 radical (unpaired) electrons. The Morgan fingerprint density at radius 2 is 2.35 bits per heavy atom. The van der Waals surface area contributed by atoms with E-state index < -0.39 is 0 Å². The van der Waals surface area contributed by atoms with Crippen LogP contribution >= 0.6 is 11.3 Å². The van der Waals surface area contributed by atoms with Crippen LogP contribution in [-0.4, -0.2) is 12.5 Å². The van der Waals surface area contributed by atoms with E-state index in [0.717, 1.165) is 35.5 Å². The molecule has 1 amide bonds. The Balaban J connectivity index is 1.66. The van der Waals surface area contributed by atoms with Crippen molar-refractivity contribution in [1.29, 1.82) is 5.26 Å². The molecule has 2 aromatic rings. The van der Waals surface area contributed by atoms with Gasteiger partial charge in [0.25, 0.3) is 0 Å². The van der Waals surface area contributed by atoms with Crippen LogP contribution in [0.25, 0.3) is 0 Å². The van der Waals surface area contributed by atoms with Crippen molar-refractivity contribution in [2.75, 3.05) is 11.9 Å². The van der Waals surface area contributed by atoms with Crippen LogP contribution in [0.2, 0.25) is 0 Å². The Morgan fingerprint density at radius 1 is 1.48 bits per heavy atom. The second-order valence-corrected chi connectivity index (χ2v) is 6.53. The molecule has 1 aromatic carbocycles. The van der Waals surface area contributed by atoms with Gasteiger partial charge >= 0.3 is 0 Å². The van der Waals surface area contributed by atoms with Crippen LogP contribution in [0.3, 0.4) is 0 Å². The third-order valence-corrected chi connectivity index (χ3v) is 4.97. The number of carbonyl (C=O) groups is 1. The smallest absolute Gasteiger partial charge is 0.225 e. The molecule has 0 aliphatic carbocycles. The summed E-state index contributed by atoms with van der Waals surface area (Å²) in [6.07, 6.45) is 1.54. The topological polar surface area (TPSA) is 64.9 Å². The normalized spacial score (nSPS) is 13.2. The third-order valence-electron chi connectivity index (χ3n) is 3.82. The summed E-state index contributed by atoms with van der Waals surface area (Å²) in [7, 11) is 0. The minimum Gasteiger partial charge on any atom is -0.317 e. The Morgan fingerprint density at radius 3 is 3.13 bits per heavy atom. The molecule has 0 unspecified atom stereocenters. The van der Waals surface area contributed by atoms with E-state index in [2.05, 4.69) is 16.7 Å². The summed E-state index contributed by atoms with van der Waals surface area (Å²) >= 11 is 1.46. The van der Waals surface area contributed by atoms with Gasteiger partial charge in [0.1, 0.15) is 16.9 Å². The summed E-state index contributed by atoms with van der Waals surface area (Å²) in [4.78, 5) is 13.2. The highest BCUT2D eigenvalue weighted by molar-refractivity contribution is 7.16. The highest BCUT2D eigenvalue weighted by Crippen LogP contribution is 2.34. The van der Waals surface area contributed by atoms with Crippen molar-refractivity contribution in [2.45, 2.75) is 25.8 Å². The molecule has 0 saturated heterocycles. The first-order valence-electron chi connectivity index (χ1n) is 7.47. The van der Waals surface area contributed by atoms with Gasteiger partial charge in [0, 0.05) is 17.8 Å². The Bertz CT molecular complexity index is 779. The maximum absolute atomic E-state index is 13.1. The van der Waals surface area contributed by atoms with Crippen molar-refractivity contribution in [3.63, 3.8) is 0 Å². The van der Waals surface area contributed by atoms with Crippen LogP contribution < -0.4 is 10.6 Å². The highest BCUT2D eigenvalue weighted by Gasteiger charge is 2.21. The molecule has 3 rings (SSSR count). The number of rotatable bonds is 4. The number of nitrogens with one attached hydrogen (secondary N) is 2. The Kier molecular flexibility index (Phi) is 4.70. The fourth-order valence-corrected chi connectivity index (χ4v) is 3.86. The number of anilines is 1. The molecule has 0 bridgehead atoms. The molecule has 2 heterocycles. The molecule has 1 aromatic heterocycles. The maximum Gasteiger partial charge on any atom is 0.225 e. The quantitative estimate of drug-likeness (QED) is 0.906. The first kappa shape index (κ1) is 15.7. The number of benzene rings is 1. The van der Waals surface area contributed by atoms with Crippen molar-refractivity contribution in [3.8, 4) is 6.07 Å². The van der Waals surface area contributed by atoms with Gasteiger partial charge in [-0.2, -0.15) is 5.26 Å². The van der Waals surface area contributed by atoms with Gasteiger partial charge in [0.15, 0.2) is 0 Å². The van der Waals surface area contributed by atoms with Crippen molar-refractivity contribution >= 4 is 22.2 Å². The fraction of sp³-hybridized carbons (Fsp3) is 0.294. The van der Waals surface area contributed by atoms with Crippen molar-refractivity contribution in [1.82, 2.24) is 5.32 Å². The van der Waals surface area contributed by atoms with E-state index in [1.54, 1.807) is 12.1 Å². The van der Waals surface area contributed by atoms with Crippen LogP contribution in [0.4, 0.5) is 9.39 Å². The molecule has 0 saturated carbocycles. The number of fused-ring (bicyclic) bond motifs is 1. The zero-order chi connectivity index (χ0) is 16.2. The predicted octanol–water partition coefficient (Wildman–Crippen LogP) is 2.98. The fourth-order valence-electron chi connectivity index (χ4n) is 2.68. The molecule has 2 N–H and O–H groups in total. The van der Waals surface area contributed by atoms with E-state index in [0.29, 0.717) is 17.0 Å². The lowest BCUT2D eigenvalue weighted by atomic mass is 10.0. The number of aryl methyl sites for hydroxylation is 1. The van der Waals surface area contributed by atoms with Crippen LogP contribution in [0.15, 0.2) is 24.3 Å². The van der Waals surface area contributed by atoms with Gasteiger partial charge in [-0.05, 0) is 42.6 Å². The van der Waals surface area contributed by atoms with Crippen LogP contribution in [0.5, 0.6) is 0 Å². The van der Waals surface area contributed by atoms with E-state index in [-0.39, 0.29) is 18.1 Å².